The number of halogens is 2. The molecule has 2 heterocycles. The van der Waals surface area contributed by atoms with Crippen LogP contribution in [0.3, 0.4) is 0 Å². The van der Waals surface area contributed by atoms with Gasteiger partial charge in [0.2, 0.25) is 0 Å². The molecule has 0 aliphatic carbocycles. The first-order chi connectivity index (χ1) is 6.86. The normalized spacial score (nSPS) is 19.9. The zero-order valence-electron chi connectivity index (χ0n) is 8.15. The van der Waals surface area contributed by atoms with Crippen molar-refractivity contribution in [2.45, 2.75) is 19.1 Å². The minimum absolute atomic E-state index is 0. The molecule has 1 aromatic rings. The Hall–Kier alpha value is -0.420. The van der Waals surface area contributed by atoms with Gasteiger partial charge in [0.25, 0.3) is 0 Å². The summed E-state index contributed by atoms with van der Waals surface area (Å²) < 4.78 is 5.62. The van der Waals surface area contributed by atoms with Gasteiger partial charge in [0, 0.05) is 18.9 Å². The fourth-order valence-corrected chi connectivity index (χ4v) is 1.57. The van der Waals surface area contributed by atoms with Crippen LogP contribution in [-0.2, 0) is 11.3 Å². The Labute approximate surface area is 99.8 Å². The molecule has 1 aromatic heterocycles. The molecule has 4 nitrogen and oxygen atoms in total. The first-order valence-electron chi connectivity index (χ1n) is 4.64. The van der Waals surface area contributed by atoms with Crippen molar-refractivity contribution in [2.24, 2.45) is 0 Å². The van der Waals surface area contributed by atoms with Crippen LogP contribution >= 0.6 is 24.0 Å². The van der Waals surface area contributed by atoms with Gasteiger partial charge in [0.15, 0.2) is 5.15 Å². The summed E-state index contributed by atoms with van der Waals surface area (Å²) in [4.78, 5) is 8.03. The van der Waals surface area contributed by atoms with E-state index in [1.807, 2.05) is 0 Å². The standard InChI is InChI=1S/C9H12ClN3O.ClH/c10-9-8(12-3-4-13-9)6-14-7-1-2-11-5-7;/h3-4,7,11H,1-2,5-6H2;1H/t7-;/m1./s1. The van der Waals surface area contributed by atoms with E-state index in [1.165, 1.54) is 0 Å². The lowest BCUT2D eigenvalue weighted by Crippen LogP contribution is -2.17. The maximum atomic E-state index is 5.84. The fourth-order valence-electron chi connectivity index (χ4n) is 1.41. The third-order valence-electron chi connectivity index (χ3n) is 2.19. The lowest BCUT2D eigenvalue weighted by molar-refractivity contribution is 0.0521. The molecule has 0 spiro atoms. The predicted molar refractivity (Wildman–Crippen MR) is 60.4 cm³/mol. The van der Waals surface area contributed by atoms with Crippen molar-refractivity contribution < 1.29 is 4.74 Å². The molecule has 15 heavy (non-hydrogen) atoms. The molecular formula is C9H13Cl2N3O. The maximum absolute atomic E-state index is 5.84. The molecule has 1 aliphatic heterocycles. The molecule has 0 saturated carbocycles. The lowest BCUT2D eigenvalue weighted by Gasteiger charge is -2.09. The van der Waals surface area contributed by atoms with E-state index in [1.54, 1.807) is 12.4 Å². The summed E-state index contributed by atoms with van der Waals surface area (Å²) in [6.07, 6.45) is 4.53. The summed E-state index contributed by atoms with van der Waals surface area (Å²) in [7, 11) is 0. The van der Waals surface area contributed by atoms with E-state index < -0.39 is 0 Å². The minimum atomic E-state index is 0. The summed E-state index contributed by atoms with van der Waals surface area (Å²) in [5, 5.41) is 3.66. The van der Waals surface area contributed by atoms with Gasteiger partial charge < -0.3 is 10.1 Å². The van der Waals surface area contributed by atoms with E-state index in [2.05, 4.69) is 15.3 Å². The first-order valence-corrected chi connectivity index (χ1v) is 5.02. The van der Waals surface area contributed by atoms with E-state index in [0.29, 0.717) is 17.5 Å². The fraction of sp³-hybridized carbons (Fsp3) is 0.556. The number of hydrogen-bond acceptors (Lipinski definition) is 4. The number of nitrogens with zero attached hydrogens (tertiary/aromatic N) is 2. The Kier molecular flexibility index (Phi) is 5.25. The summed E-state index contributed by atoms with van der Waals surface area (Å²) >= 11 is 5.84. The highest BCUT2D eigenvalue weighted by atomic mass is 35.5. The second-order valence-corrected chi connectivity index (χ2v) is 3.58. The molecule has 84 valence electrons. The SMILES string of the molecule is Cl.Clc1nccnc1CO[C@@H]1CCNC1. The van der Waals surface area contributed by atoms with Crippen molar-refractivity contribution in [3.05, 3.63) is 23.2 Å². The van der Waals surface area contributed by atoms with Gasteiger partial charge >= 0.3 is 0 Å². The Morgan fingerprint density at radius 2 is 2.27 bits per heavy atom. The van der Waals surface area contributed by atoms with Crippen LogP contribution in [0, 0.1) is 0 Å². The highest BCUT2D eigenvalue weighted by Crippen LogP contribution is 2.12. The van der Waals surface area contributed by atoms with Crippen molar-refractivity contribution >= 4 is 24.0 Å². The third kappa shape index (κ3) is 3.57. The molecule has 0 amide bonds. The van der Waals surface area contributed by atoms with Crippen LogP contribution in [0.1, 0.15) is 12.1 Å². The number of nitrogens with one attached hydrogen (secondary N) is 1. The third-order valence-corrected chi connectivity index (χ3v) is 2.51. The van der Waals surface area contributed by atoms with Gasteiger partial charge in [0.1, 0.15) is 5.69 Å². The van der Waals surface area contributed by atoms with Crippen molar-refractivity contribution in [2.75, 3.05) is 13.1 Å². The zero-order chi connectivity index (χ0) is 9.80. The van der Waals surface area contributed by atoms with Gasteiger partial charge in [-0.25, -0.2) is 4.98 Å². The first kappa shape index (κ1) is 12.6. The second-order valence-electron chi connectivity index (χ2n) is 3.22. The average molecular weight is 250 g/mol. The van der Waals surface area contributed by atoms with Gasteiger partial charge in [-0.05, 0) is 13.0 Å². The maximum Gasteiger partial charge on any atom is 0.152 e. The van der Waals surface area contributed by atoms with Crippen molar-refractivity contribution in [1.82, 2.24) is 15.3 Å². The molecule has 6 heteroatoms. The zero-order valence-corrected chi connectivity index (χ0v) is 9.72. The molecule has 0 aromatic carbocycles. The Morgan fingerprint density at radius 3 is 2.93 bits per heavy atom. The van der Waals surface area contributed by atoms with E-state index in [0.717, 1.165) is 19.5 Å². The lowest BCUT2D eigenvalue weighted by atomic mass is 10.3. The topological polar surface area (TPSA) is 47.0 Å². The van der Waals surface area contributed by atoms with Crippen LogP contribution in [-0.4, -0.2) is 29.2 Å². The van der Waals surface area contributed by atoms with Crippen molar-refractivity contribution in [1.29, 1.82) is 0 Å². The molecule has 1 N–H and O–H groups in total. The number of hydrogen-bond donors (Lipinski definition) is 1. The van der Waals surface area contributed by atoms with E-state index >= 15 is 0 Å². The molecule has 1 atom stereocenters. The minimum Gasteiger partial charge on any atom is -0.370 e. The largest absolute Gasteiger partial charge is 0.370 e. The van der Waals surface area contributed by atoms with Gasteiger partial charge in [-0.15, -0.1) is 12.4 Å². The molecule has 0 unspecified atom stereocenters. The second kappa shape index (κ2) is 6.23. The molecule has 0 bridgehead atoms. The highest BCUT2D eigenvalue weighted by molar-refractivity contribution is 6.29. The predicted octanol–water partition coefficient (Wildman–Crippen LogP) is 1.43. The quantitative estimate of drug-likeness (QED) is 0.881. The summed E-state index contributed by atoms with van der Waals surface area (Å²) in [5.74, 6) is 0. The van der Waals surface area contributed by atoms with Gasteiger partial charge in [-0.3, -0.25) is 4.98 Å². The monoisotopic (exact) mass is 249 g/mol. The van der Waals surface area contributed by atoms with E-state index in [4.69, 9.17) is 16.3 Å². The van der Waals surface area contributed by atoms with Gasteiger partial charge in [-0.2, -0.15) is 0 Å². The van der Waals surface area contributed by atoms with Crippen LogP contribution in [0.25, 0.3) is 0 Å². The highest BCUT2D eigenvalue weighted by Gasteiger charge is 2.15. The molecule has 0 radical (unpaired) electrons. The van der Waals surface area contributed by atoms with Crippen LogP contribution in [0.15, 0.2) is 12.4 Å². The van der Waals surface area contributed by atoms with E-state index in [-0.39, 0.29) is 18.5 Å². The van der Waals surface area contributed by atoms with Crippen molar-refractivity contribution in [3.63, 3.8) is 0 Å². The number of ether oxygens (including phenoxy) is 1. The van der Waals surface area contributed by atoms with Crippen LogP contribution in [0.4, 0.5) is 0 Å². The smallest absolute Gasteiger partial charge is 0.152 e. The van der Waals surface area contributed by atoms with Gasteiger partial charge in [-0.1, -0.05) is 11.6 Å². The van der Waals surface area contributed by atoms with E-state index in [9.17, 15) is 0 Å². The Bertz CT molecular complexity index is 305. The molecule has 1 fully saturated rings. The summed E-state index contributed by atoms with van der Waals surface area (Å²) in [5.41, 5.74) is 0.709. The van der Waals surface area contributed by atoms with Crippen LogP contribution in [0.5, 0.6) is 0 Å². The molecule has 1 aliphatic rings. The number of rotatable bonds is 3. The summed E-state index contributed by atoms with van der Waals surface area (Å²) in [6.45, 7) is 2.38. The van der Waals surface area contributed by atoms with Crippen molar-refractivity contribution in [3.8, 4) is 0 Å². The van der Waals surface area contributed by atoms with Gasteiger partial charge in [0.05, 0.1) is 12.7 Å². The Morgan fingerprint density at radius 1 is 1.47 bits per heavy atom. The molecule has 2 rings (SSSR count). The molecular weight excluding hydrogens is 237 g/mol. The van der Waals surface area contributed by atoms with Crippen LogP contribution in [0.2, 0.25) is 5.15 Å². The summed E-state index contributed by atoms with van der Waals surface area (Å²) in [6, 6.07) is 0. The Balaban J connectivity index is 0.00000112. The molecule has 1 saturated heterocycles. The number of aromatic nitrogens is 2. The van der Waals surface area contributed by atoms with Crippen LogP contribution < -0.4 is 5.32 Å². The average Bonchev–Trinajstić information content (AvgIpc) is 2.69.